The molecule has 2 aromatic heterocycles. The first-order chi connectivity index (χ1) is 9.38. The lowest BCUT2D eigenvalue weighted by molar-refractivity contribution is 0.601. The van der Waals surface area contributed by atoms with E-state index in [1.165, 1.54) is 9.91 Å². The molecule has 0 spiro atoms. The predicted octanol–water partition coefficient (Wildman–Crippen LogP) is 3.58. The number of rotatable bonds is 3. The second-order valence-corrected chi connectivity index (χ2v) is 7.29. The van der Waals surface area contributed by atoms with E-state index in [-0.39, 0.29) is 0 Å². The van der Waals surface area contributed by atoms with Crippen molar-refractivity contribution in [2.45, 2.75) is 30.3 Å². The van der Waals surface area contributed by atoms with Crippen LogP contribution in [0, 0.1) is 0 Å². The smallest absolute Gasteiger partial charge is 0.216 e. The maximum absolute atomic E-state index is 4.32. The summed E-state index contributed by atoms with van der Waals surface area (Å²) >= 11 is 5.38. The Morgan fingerprint density at radius 1 is 1.37 bits per heavy atom. The number of nitrogens with zero attached hydrogens (tertiary/aromatic N) is 4. The zero-order valence-electron chi connectivity index (χ0n) is 10.3. The van der Waals surface area contributed by atoms with Crippen molar-refractivity contribution in [1.82, 2.24) is 14.9 Å². The van der Waals surface area contributed by atoms with Crippen LogP contribution in [0.5, 0.6) is 0 Å². The van der Waals surface area contributed by atoms with Crippen LogP contribution in [0.2, 0.25) is 0 Å². The molecule has 0 bridgehead atoms. The van der Waals surface area contributed by atoms with Crippen molar-refractivity contribution < 1.29 is 0 Å². The van der Waals surface area contributed by atoms with Crippen molar-refractivity contribution in [3.8, 4) is 0 Å². The van der Waals surface area contributed by atoms with Crippen LogP contribution in [-0.2, 0) is 6.42 Å². The molecular weight excluding hydrogens is 296 g/mol. The van der Waals surface area contributed by atoms with Gasteiger partial charge in [0.15, 0.2) is 5.82 Å². The molecule has 2 aliphatic heterocycles. The molecule has 0 aliphatic carbocycles. The average molecular weight is 308 g/mol. The van der Waals surface area contributed by atoms with Crippen molar-refractivity contribution >= 4 is 34.9 Å². The van der Waals surface area contributed by atoms with Crippen LogP contribution in [0.1, 0.15) is 29.4 Å². The predicted molar refractivity (Wildman–Crippen MR) is 80.8 cm³/mol. The van der Waals surface area contributed by atoms with E-state index in [0.717, 1.165) is 23.8 Å². The highest BCUT2D eigenvalue weighted by Crippen LogP contribution is 2.51. The largest absolute Gasteiger partial charge is 0.252 e. The Hall–Kier alpha value is -0.920. The van der Waals surface area contributed by atoms with E-state index in [9.17, 15) is 0 Å². The van der Waals surface area contributed by atoms with E-state index in [1.807, 2.05) is 11.8 Å². The molecule has 4 heterocycles. The van der Waals surface area contributed by atoms with Gasteiger partial charge in [-0.15, -0.1) is 21.5 Å². The van der Waals surface area contributed by atoms with E-state index >= 15 is 0 Å². The number of hydrogen-bond donors (Lipinski definition) is 0. The first-order valence-corrected chi connectivity index (χ1v) is 8.83. The summed E-state index contributed by atoms with van der Waals surface area (Å²) in [5.41, 5.74) is 0. The van der Waals surface area contributed by atoms with E-state index < -0.39 is 0 Å². The van der Waals surface area contributed by atoms with Crippen LogP contribution in [0.15, 0.2) is 33.1 Å². The molecule has 0 aromatic carbocycles. The fourth-order valence-corrected chi connectivity index (χ4v) is 5.46. The van der Waals surface area contributed by atoms with Gasteiger partial charge in [-0.1, -0.05) is 24.8 Å². The summed E-state index contributed by atoms with van der Waals surface area (Å²) in [6.45, 7) is 2.18. The van der Waals surface area contributed by atoms with Crippen LogP contribution in [0.25, 0.3) is 0 Å². The molecule has 7 heteroatoms. The highest BCUT2D eigenvalue weighted by Gasteiger charge is 2.39. The van der Waals surface area contributed by atoms with Crippen molar-refractivity contribution in [2.24, 2.45) is 0 Å². The Morgan fingerprint density at radius 2 is 2.32 bits per heavy atom. The summed E-state index contributed by atoms with van der Waals surface area (Å²) in [7, 11) is 0. The minimum absolute atomic E-state index is 0.329. The molecule has 0 saturated carbocycles. The van der Waals surface area contributed by atoms with Crippen LogP contribution in [0.4, 0.5) is 0 Å². The van der Waals surface area contributed by atoms with E-state index in [0.29, 0.717) is 5.37 Å². The minimum atomic E-state index is 0.329. The number of aromatic nitrogens is 3. The number of thioether (sulfide) groups is 2. The van der Waals surface area contributed by atoms with E-state index in [4.69, 9.17) is 0 Å². The van der Waals surface area contributed by atoms with Crippen LogP contribution < -0.4 is 5.01 Å². The molecule has 1 atom stereocenters. The minimum Gasteiger partial charge on any atom is -0.252 e. The van der Waals surface area contributed by atoms with Gasteiger partial charge < -0.3 is 0 Å². The third-order valence-corrected chi connectivity index (χ3v) is 6.34. The maximum Gasteiger partial charge on any atom is 0.216 e. The molecule has 0 fully saturated rings. The van der Waals surface area contributed by atoms with Crippen molar-refractivity contribution in [2.75, 3.05) is 5.01 Å². The first-order valence-electron chi connectivity index (χ1n) is 6.19. The van der Waals surface area contributed by atoms with Gasteiger partial charge in [0.25, 0.3) is 0 Å². The van der Waals surface area contributed by atoms with Crippen LogP contribution in [-0.4, -0.2) is 14.9 Å². The van der Waals surface area contributed by atoms with Crippen molar-refractivity contribution in [3.05, 3.63) is 38.7 Å². The molecule has 0 amide bonds. The Balaban J connectivity index is 1.76. The summed E-state index contributed by atoms with van der Waals surface area (Å²) < 4.78 is 2.20. The number of hydrogen-bond acceptors (Lipinski definition) is 6. The zero-order valence-corrected chi connectivity index (χ0v) is 12.8. The van der Waals surface area contributed by atoms with Gasteiger partial charge in [-0.25, -0.2) is 4.68 Å². The molecule has 19 heavy (non-hydrogen) atoms. The van der Waals surface area contributed by atoms with Crippen LogP contribution >= 0.6 is 34.9 Å². The van der Waals surface area contributed by atoms with Gasteiger partial charge in [0.1, 0.15) is 10.4 Å². The Kier molecular flexibility index (Phi) is 2.86. The molecule has 2 aliphatic rings. The highest BCUT2D eigenvalue weighted by atomic mass is 32.2. The Morgan fingerprint density at radius 3 is 3.11 bits per heavy atom. The van der Waals surface area contributed by atoms with Crippen molar-refractivity contribution in [1.29, 1.82) is 0 Å². The molecule has 98 valence electrons. The molecule has 0 saturated heterocycles. The summed E-state index contributed by atoms with van der Waals surface area (Å²) in [6, 6.07) is 4.31. The molecule has 0 N–H and O–H groups in total. The lowest BCUT2D eigenvalue weighted by Gasteiger charge is -2.24. The fraction of sp³-hybridized carbons (Fsp3) is 0.333. The molecule has 2 aromatic rings. The lowest BCUT2D eigenvalue weighted by Crippen LogP contribution is -2.30. The third kappa shape index (κ3) is 1.75. The summed E-state index contributed by atoms with van der Waals surface area (Å²) in [6.07, 6.45) is 2.06. The van der Waals surface area contributed by atoms with E-state index in [1.54, 1.807) is 23.1 Å². The van der Waals surface area contributed by atoms with Gasteiger partial charge in [-0.05, 0) is 29.6 Å². The van der Waals surface area contributed by atoms with E-state index in [2.05, 4.69) is 49.7 Å². The second kappa shape index (κ2) is 4.57. The standard InChI is InChI=1S/C12H12N4S3/c1-2-4-9-13-14-12-15(9)16-10(19-12)7-18-11(16)8-5-3-6-17-8/h3,5-7,11H,2,4H2,1H3. The molecule has 4 rings (SSSR count). The van der Waals surface area contributed by atoms with Gasteiger partial charge in [-0.2, -0.15) is 0 Å². The molecule has 4 nitrogen and oxygen atoms in total. The highest BCUT2D eigenvalue weighted by molar-refractivity contribution is 8.07. The Bertz CT molecular complexity index is 631. The molecular formula is C12H12N4S3. The van der Waals surface area contributed by atoms with Crippen molar-refractivity contribution in [3.63, 3.8) is 0 Å². The van der Waals surface area contributed by atoms with Gasteiger partial charge in [0.2, 0.25) is 5.16 Å². The topological polar surface area (TPSA) is 34.0 Å². The maximum atomic E-state index is 4.32. The normalized spacial score (nSPS) is 20.6. The first kappa shape index (κ1) is 11.9. The van der Waals surface area contributed by atoms with Gasteiger partial charge >= 0.3 is 0 Å². The summed E-state index contributed by atoms with van der Waals surface area (Å²) in [5, 5.41) is 17.9. The quantitative estimate of drug-likeness (QED) is 0.865. The third-order valence-electron chi connectivity index (χ3n) is 3.09. The molecule has 0 radical (unpaired) electrons. The van der Waals surface area contributed by atoms with Crippen LogP contribution in [0.3, 0.4) is 0 Å². The number of thiophene rings is 1. The SMILES string of the molecule is CCCc1nnc2n1N1C(=CSC1c1cccs1)S2. The van der Waals surface area contributed by atoms with Gasteiger partial charge in [-0.3, -0.25) is 5.01 Å². The second-order valence-electron chi connectivity index (χ2n) is 4.37. The summed E-state index contributed by atoms with van der Waals surface area (Å²) in [4.78, 5) is 1.38. The lowest BCUT2D eigenvalue weighted by atomic mass is 10.3. The fourth-order valence-electron chi connectivity index (χ4n) is 2.29. The zero-order chi connectivity index (χ0) is 12.8. The number of fused-ring (bicyclic) bond motifs is 3. The van der Waals surface area contributed by atoms with Gasteiger partial charge in [0.05, 0.1) is 0 Å². The van der Waals surface area contributed by atoms with Gasteiger partial charge in [0, 0.05) is 16.7 Å². The molecule has 1 unspecified atom stereocenters. The average Bonchev–Trinajstić information content (AvgIpc) is 3.10. The Labute approximate surface area is 123 Å². The number of aryl methyl sites for hydroxylation is 1. The summed E-state index contributed by atoms with van der Waals surface area (Å²) in [5.74, 6) is 1.07. The monoisotopic (exact) mass is 308 g/mol.